The van der Waals surface area contributed by atoms with Crippen molar-refractivity contribution in [2.75, 3.05) is 25.1 Å². The normalized spacial score (nSPS) is 15.5. The van der Waals surface area contributed by atoms with Gasteiger partial charge < -0.3 is 10.7 Å². The second kappa shape index (κ2) is 9.53. The number of hydrazine groups is 1. The van der Waals surface area contributed by atoms with Gasteiger partial charge >= 0.3 is 0 Å². The SMILES string of the molecule is Cc1cc(C(=N)NCCC2CCN(Cc3ccccc3)CC2)ccc1NN. The molecule has 2 aromatic carbocycles. The minimum Gasteiger partial charge on any atom is -0.370 e. The lowest BCUT2D eigenvalue weighted by atomic mass is 9.93. The monoisotopic (exact) mass is 365 g/mol. The maximum Gasteiger partial charge on any atom is 0.125 e. The first-order valence-electron chi connectivity index (χ1n) is 9.82. The van der Waals surface area contributed by atoms with Crippen LogP contribution in [0.4, 0.5) is 5.69 Å². The Morgan fingerprint density at radius 2 is 1.89 bits per heavy atom. The summed E-state index contributed by atoms with van der Waals surface area (Å²) >= 11 is 0. The molecule has 0 aromatic heterocycles. The Labute approximate surface area is 162 Å². The van der Waals surface area contributed by atoms with Gasteiger partial charge in [0.15, 0.2) is 0 Å². The van der Waals surface area contributed by atoms with Crippen LogP contribution in [-0.4, -0.2) is 30.4 Å². The van der Waals surface area contributed by atoms with Crippen molar-refractivity contribution in [1.82, 2.24) is 10.2 Å². The molecule has 0 aliphatic carbocycles. The molecule has 0 unspecified atom stereocenters. The zero-order valence-corrected chi connectivity index (χ0v) is 16.2. The van der Waals surface area contributed by atoms with Crippen LogP contribution in [0.1, 0.15) is 36.0 Å². The van der Waals surface area contributed by atoms with Crippen LogP contribution in [0.2, 0.25) is 0 Å². The highest BCUT2D eigenvalue weighted by Crippen LogP contribution is 2.21. The standard InChI is InChI=1S/C22H31N5/c1-17-15-20(7-8-21(17)26-24)22(23)25-12-9-18-10-13-27(14-11-18)16-19-5-3-2-4-6-19/h2-8,15,18,26H,9-14,16,24H2,1H3,(H2,23,25). The Bertz CT molecular complexity index is 736. The summed E-state index contributed by atoms with van der Waals surface area (Å²) in [6.07, 6.45) is 3.62. The van der Waals surface area contributed by atoms with Gasteiger partial charge in [-0.2, -0.15) is 0 Å². The highest BCUT2D eigenvalue weighted by atomic mass is 15.2. The number of nitrogens with one attached hydrogen (secondary N) is 3. The number of hydrogen-bond acceptors (Lipinski definition) is 4. The molecule has 1 aliphatic rings. The van der Waals surface area contributed by atoms with Gasteiger partial charge in [-0.05, 0) is 74.5 Å². The number of anilines is 1. The van der Waals surface area contributed by atoms with Crippen molar-refractivity contribution in [3.63, 3.8) is 0 Å². The van der Waals surface area contributed by atoms with Gasteiger partial charge in [0.1, 0.15) is 5.84 Å². The minimum atomic E-state index is 0.489. The van der Waals surface area contributed by atoms with E-state index in [0.29, 0.717) is 5.84 Å². The van der Waals surface area contributed by atoms with E-state index < -0.39 is 0 Å². The van der Waals surface area contributed by atoms with Crippen molar-refractivity contribution >= 4 is 11.5 Å². The molecule has 5 nitrogen and oxygen atoms in total. The van der Waals surface area contributed by atoms with E-state index in [0.717, 1.165) is 42.2 Å². The molecule has 5 N–H and O–H groups in total. The Morgan fingerprint density at radius 3 is 2.56 bits per heavy atom. The number of aryl methyl sites for hydroxylation is 1. The van der Waals surface area contributed by atoms with Gasteiger partial charge in [-0.3, -0.25) is 16.2 Å². The third-order valence-corrected chi connectivity index (χ3v) is 5.48. The van der Waals surface area contributed by atoms with Crippen LogP contribution in [0.3, 0.4) is 0 Å². The van der Waals surface area contributed by atoms with Gasteiger partial charge in [-0.25, -0.2) is 0 Å². The molecule has 5 heteroatoms. The molecule has 0 bridgehead atoms. The summed E-state index contributed by atoms with van der Waals surface area (Å²) in [7, 11) is 0. The highest BCUT2D eigenvalue weighted by molar-refractivity contribution is 5.96. The number of benzene rings is 2. The smallest absolute Gasteiger partial charge is 0.125 e. The van der Waals surface area contributed by atoms with Crippen molar-refractivity contribution in [2.24, 2.45) is 11.8 Å². The van der Waals surface area contributed by atoms with Crippen LogP contribution in [0.25, 0.3) is 0 Å². The van der Waals surface area contributed by atoms with E-state index in [9.17, 15) is 0 Å². The van der Waals surface area contributed by atoms with Gasteiger partial charge in [0, 0.05) is 18.7 Å². The van der Waals surface area contributed by atoms with Crippen molar-refractivity contribution in [1.29, 1.82) is 5.41 Å². The molecule has 27 heavy (non-hydrogen) atoms. The van der Waals surface area contributed by atoms with Crippen LogP contribution in [0, 0.1) is 18.3 Å². The molecule has 1 heterocycles. The summed E-state index contributed by atoms with van der Waals surface area (Å²) in [5.74, 6) is 6.71. The first-order valence-corrected chi connectivity index (χ1v) is 9.82. The lowest BCUT2D eigenvalue weighted by Gasteiger charge is -2.32. The fourth-order valence-electron chi connectivity index (χ4n) is 3.76. The molecule has 1 saturated heterocycles. The second-order valence-corrected chi connectivity index (χ2v) is 7.47. The van der Waals surface area contributed by atoms with Gasteiger partial charge in [-0.1, -0.05) is 30.3 Å². The molecule has 0 spiro atoms. The van der Waals surface area contributed by atoms with Crippen LogP contribution in [-0.2, 0) is 6.54 Å². The van der Waals surface area contributed by atoms with E-state index in [1.807, 2.05) is 25.1 Å². The number of likely N-dealkylation sites (tertiary alicyclic amines) is 1. The third kappa shape index (κ3) is 5.55. The molecular weight excluding hydrogens is 334 g/mol. The highest BCUT2D eigenvalue weighted by Gasteiger charge is 2.19. The number of nitrogens with two attached hydrogens (primary N) is 1. The first kappa shape index (κ1) is 19.4. The fourth-order valence-corrected chi connectivity index (χ4v) is 3.76. The van der Waals surface area contributed by atoms with Crippen molar-refractivity contribution in [3.8, 4) is 0 Å². The van der Waals surface area contributed by atoms with E-state index >= 15 is 0 Å². The van der Waals surface area contributed by atoms with E-state index in [1.54, 1.807) is 0 Å². The van der Waals surface area contributed by atoms with Gasteiger partial charge in [0.25, 0.3) is 0 Å². The molecule has 144 valence electrons. The lowest BCUT2D eigenvalue weighted by Crippen LogP contribution is -2.34. The summed E-state index contributed by atoms with van der Waals surface area (Å²) < 4.78 is 0. The van der Waals surface area contributed by atoms with Crippen molar-refractivity contribution in [2.45, 2.75) is 32.7 Å². The van der Waals surface area contributed by atoms with Crippen LogP contribution in [0.5, 0.6) is 0 Å². The zero-order chi connectivity index (χ0) is 19.1. The summed E-state index contributed by atoms with van der Waals surface area (Å²) in [6, 6.07) is 16.6. The average Bonchev–Trinajstić information content (AvgIpc) is 2.70. The number of nitrogens with zero attached hydrogens (tertiary/aromatic N) is 1. The molecule has 0 saturated carbocycles. The van der Waals surface area contributed by atoms with E-state index in [-0.39, 0.29) is 0 Å². The molecule has 3 rings (SSSR count). The molecule has 1 fully saturated rings. The number of nitrogen functional groups attached to an aromatic ring is 1. The number of rotatable bonds is 7. The predicted octanol–water partition coefficient (Wildman–Crippen LogP) is 3.50. The Balaban J connectivity index is 1.37. The molecular formula is C22H31N5. The Kier molecular flexibility index (Phi) is 6.85. The van der Waals surface area contributed by atoms with Crippen LogP contribution < -0.4 is 16.6 Å². The van der Waals surface area contributed by atoms with Crippen LogP contribution >= 0.6 is 0 Å². The topological polar surface area (TPSA) is 77.2 Å². The second-order valence-electron chi connectivity index (χ2n) is 7.47. The van der Waals surface area contributed by atoms with Crippen molar-refractivity contribution in [3.05, 3.63) is 65.2 Å². The van der Waals surface area contributed by atoms with E-state index in [1.165, 1.54) is 31.5 Å². The summed E-state index contributed by atoms with van der Waals surface area (Å²) in [5.41, 5.74) is 6.92. The number of hydrogen-bond donors (Lipinski definition) is 4. The fraction of sp³-hybridized carbons (Fsp3) is 0.409. The van der Waals surface area contributed by atoms with Crippen LogP contribution in [0.15, 0.2) is 48.5 Å². The number of amidine groups is 1. The predicted molar refractivity (Wildman–Crippen MR) is 113 cm³/mol. The van der Waals surface area contributed by atoms with Gasteiger partial charge in [0.2, 0.25) is 0 Å². The summed E-state index contributed by atoms with van der Waals surface area (Å²) in [6.45, 7) is 6.25. The summed E-state index contributed by atoms with van der Waals surface area (Å²) in [4.78, 5) is 2.55. The third-order valence-electron chi connectivity index (χ3n) is 5.48. The minimum absolute atomic E-state index is 0.489. The maximum atomic E-state index is 8.26. The van der Waals surface area contributed by atoms with E-state index in [2.05, 4.69) is 46.0 Å². The summed E-state index contributed by atoms with van der Waals surface area (Å²) in [5, 5.41) is 11.5. The first-order chi connectivity index (χ1) is 13.2. The lowest BCUT2D eigenvalue weighted by molar-refractivity contribution is 0.173. The van der Waals surface area contributed by atoms with E-state index in [4.69, 9.17) is 11.3 Å². The average molecular weight is 366 g/mol. The molecule has 0 amide bonds. The zero-order valence-electron chi connectivity index (χ0n) is 16.2. The number of piperidine rings is 1. The molecule has 2 aromatic rings. The molecule has 0 radical (unpaired) electrons. The Hall–Kier alpha value is -2.37. The van der Waals surface area contributed by atoms with Gasteiger partial charge in [-0.15, -0.1) is 0 Å². The van der Waals surface area contributed by atoms with Gasteiger partial charge in [0.05, 0.1) is 5.69 Å². The maximum absolute atomic E-state index is 8.26. The van der Waals surface area contributed by atoms with Crippen molar-refractivity contribution < 1.29 is 0 Å². The Morgan fingerprint density at radius 1 is 1.15 bits per heavy atom. The quantitative estimate of drug-likeness (QED) is 0.262. The molecule has 0 atom stereocenters. The molecule has 1 aliphatic heterocycles. The largest absolute Gasteiger partial charge is 0.370 e.